The van der Waals surface area contributed by atoms with Crippen molar-refractivity contribution in [1.82, 2.24) is 10.6 Å². The van der Waals surface area contributed by atoms with E-state index in [1.807, 2.05) is 24.3 Å². The van der Waals surface area contributed by atoms with Gasteiger partial charge in [0.25, 0.3) is 0 Å². The van der Waals surface area contributed by atoms with Crippen molar-refractivity contribution in [3.63, 3.8) is 0 Å². The van der Waals surface area contributed by atoms with Crippen molar-refractivity contribution in [3.05, 3.63) is 46.5 Å². The van der Waals surface area contributed by atoms with Gasteiger partial charge < -0.3 is 10.6 Å². The first-order valence-electron chi connectivity index (χ1n) is 6.64. The number of aryl methyl sites for hydroxylation is 1. The third-order valence-corrected chi connectivity index (χ3v) is 3.48. The Morgan fingerprint density at radius 3 is 2.70 bits per heavy atom. The second kappa shape index (κ2) is 9.01. The van der Waals surface area contributed by atoms with Crippen molar-refractivity contribution in [3.8, 4) is 0 Å². The van der Waals surface area contributed by atoms with Gasteiger partial charge in [0.15, 0.2) is 0 Å². The topological polar surface area (TPSA) is 41.1 Å². The minimum atomic E-state index is 0. The second-order valence-electron chi connectivity index (χ2n) is 4.72. The molecule has 5 heteroatoms. The van der Waals surface area contributed by atoms with Gasteiger partial charge in [-0.15, -0.1) is 12.4 Å². The average Bonchev–Trinajstić information content (AvgIpc) is 2.45. The fourth-order valence-electron chi connectivity index (χ4n) is 2.04. The van der Waals surface area contributed by atoms with Gasteiger partial charge in [-0.25, -0.2) is 0 Å². The van der Waals surface area contributed by atoms with Gasteiger partial charge in [-0.1, -0.05) is 35.4 Å². The first-order chi connectivity index (χ1) is 9.24. The Morgan fingerprint density at radius 2 is 2.05 bits per heavy atom. The van der Waals surface area contributed by atoms with Gasteiger partial charge in [0, 0.05) is 24.5 Å². The largest absolute Gasteiger partial charge is 0.352 e. The lowest BCUT2D eigenvalue weighted by Crippen LogP contribution is -2.29. The third kappa shape index (κ3) is 5.95. The molecular formula is C15H20Cl2N2O. The minimum absolute atomic E-state index is 0. The summed E-state index contributed by atoms with van der Waals surface area (Å²) < 4.78 is 0. The van der Waals surface area contributed by atoms with Crippen LogP contribution in [-0.4, -0.2) is 25.5 Å². The van der Waals surface area contributed by atoms with Crippen LogP contribution in [0.4, 0.5) is 0 Å². The molecule has 0 saturated heterocycles. The fourth-order valence-corrected chi connectivity index (χ4v) is 2.17. The predicted molar refractivity (Wildman–Crippen MR) is 85.6 cm³/mol. The molecular weight excluding hydrogens is 295 g/mol. The number of nitrogens with one attached hydrogen (secondary N) is 2. The minimum Gasteiger partial charge on any atom is -0.352 e. The fraction of sp³-hybridized carbons (Fsp3) is 0.400. The molecule has 0 saturated carbocycles. The number of hydrogen-bond donors (Lipinski definition) is 2. The molecule has 0 bridgehead atoms. The van der Waals surface area contributed by atoms with Gasteiger partial charge in [-0.05, 0) is 37.1 Å². The zero-order valence-electron chi connectivity index (χ0n) is 11.3. The Balaban J connectivity index is 0.00000200. The molecule has 0 spiro atoms. The van der Waals surface area contributed by atoms with Crippen LogP contribution in [0.2, 0.25) is 5.02 Å². The summed E-state index contributed by atoms with van der Waals surface area (Å²) in [6.45, 7) is 2.60. The van der Waals surface area contributed by atoms with Gasteiger partial charge >= 0.3 is 0 Å². The third-order valence-electron chi connectivity index (χ3n) is 3.22. The SMILES string of the molecule is Cl.O=C(CCc1ccc(Cl)cc1)NCC1=CCNCC1. The van der Waals surface area contributed by atoms with Gasteiger partial charge in [0.1, 0.15) is 0 Å². The van der Waals surface area contributed by atoms with Crippen molar-refractivity contribution in [1.29, 1.82) is 0 Å². The van der Waals surface area contributed by atoms with E-state index in [4.69, 9.17) is 11.6 Å². The monoisotopic (exact) mass is 314 g/mol. The van der Waals surface area contributed by atoms with Crippen LogP contribution in [0.25, 0.3) is 0 Å². The highest BCUT2D eigenvalue weighted by molar-refractivity contribution is 6.30. The lowest BCUT2D eigenvalue weighted by molar-refractivity contribution is -0.120. The van der Waals surface area contributed by atoms with Crippen LogP contribution >= 0.6 is 24.0 Å². The van der Waals surface area contributed by atoms with Crippen LogP contribution < -0.4 is 10.6 Å². The van der Waals surface area contributed by atoms with Gasteiger partial charge in [-0.3, -0.25) is 4.79 Å². The molecule has 0 fully saturated rings. The highest BCUT2D eigenvalue weighted by Gasteiger charge is 2.06. The van der Waals surface area contributed by atoms with Gasteiger partial charge in [-0.2, -0.15) is 0 Å². The molecule has 0 unspecified atom stereocenters. The summed E-state index contributed by atoms with van der Waals surface area (Å²) in [5.41, 5.74) is 2.46. The van der Waals surface area contributed by atoms with Gasteiger partial charge in [0.2, 0.25) is 5.91 Å². The molecule has 20 heavy (non-hydrogen) atoms. The summed E-state index contributed by atoms with van der Waals surface area (Å²) >= 11 is 5.82. The summed E-state index contributed by atoms with van der Waals surface area (Å²) in [5, 5.41) is 6.95. The zero-order valence-corrected chi connectivity index (χ0v) is 12.9. The van der Waals surface area contributed by atoms with E-state index in [9.17, 15) is 4.79 Å². The standard InChI is InChI=1S/C15H19ClN2O.ClH/c16-14-4-1-12(2-5-14)3-6-15(19)18-11-13-7-9-17-10-8-13;/h1-2,4-5,7,17H,3,6,8-11H2,(H,18,19);1H. The van der Waals surface area contributed by atoms with E-state index in [1.54, 1.807) is 0 Å². The van der Waals surface area contributed by atoms with Crippen LogP contribution in [0, 0.1) is 0 Å². The number of halogens is 2. The highest BCUT2D eigenvalue weighted by Crippen LogP contribution is 2.11. The normalized spacial score (nSPS) is 14.2. The maximum absolute atomic E-state index is 11.7. The van der Waals surface area contributed by atoms with Crippen molar-refractivity contribution in [2.45, 2.75) is 19.3 Å². The van der Waals surface area contributed by atoms with Crippen molar-refractivity contribution in [2.24, 2.45) is 0 Å². The maximum atomic E-state index is 11.7. The molecule has 0 radical (unpaired) electrons. The molecule has 1 heterocycles. The highest BCUT2D eigenvalue weighted by atomic mass is 35.5. The summed E-state index contributed by atoms with van der Waals surface area (Å²) in [6.07, 6.45) is 4.46. The zero-order chi connectivity index (χ0) is 13.5. The molecule has 1 amide bonds. The second-order valence-corrected chi connectivity index (χ2v) is 5.16. The molecule has 2 N–H and O–H groups in total. The number of hydrogen-bond acceptors (Lipinski definition) is 2. The number of carbonyl (C=O) groups excluding carboxylic acids is 1. The maximum Gasteiger partial charge on any atom is 0.220 e. The summed E-state index contributed by atoms with van der Waals surface area (Å²) in [4.78, 5) is 11.7. The van der Waals surface area contributed by atoms with Crippen molar-refractivity contribution >= 4 is 29.9 Å². The van der Waals surface area contributed by atoms with Crippen molar-refractivity contribution < 1.29 is 4.79 Å². The molecule has 0 aliphatic carbocycles. The Labute approximate surface area is 131 Å². The Bertz CT molecular complexity index is 457. The lowest BCUT2D eigenvalue weighted by atomic mass is 10.1. The number of carbonyl (C=O) groups is 1. The Morgan fingerprint density at radius 1 is 1.30 bits per heavy atom. The average molecular weight is 315 g/mol. The molecule has 110 valence electrons. The van der Waals surface area contributed by atoms with Gasteiger partial charge in [0.05, 0.1) is 0 Å². The molecule has 1 aromatic rings. The van der Waals surface area contributed by atoms with Crippen LogP contribution in [0.3, 0.4) is 0 Å². The van der Waals surface area contributed by atoms with E-state index in [0.717, 1.165) is 36.5 Å². The molecule has 0 atom stereocenters. The van der Waals surface area contributed by atoms with E-state index < -0.39 is 0 Å². The van der Waals surface area contributed by atoms with Crippen molar-refractivity contribution in [2.75, 3.05) is 19.6 Å². The quantitative estimate of drug-likeness (QED) is 0.820. The molecule has 1 aliphatic heterocycles. The predicted octanol–water partition coefficient (Wildman–Crippen LogP) is 2.73. The smallest absolute Gasteiger partial charge is 0.220 e. The molecule has 2 rings (SSSR count). The molecule has 0 aromatic heterocycles. The van der Waals surface area contributed by atoms with E-state index in [1.165, 1.54) is 5.57 Å². The summed E-state index contributed by atoms with van der Waals surface area (Å²) in [7, 11) is 0. The van der Waals surface area contributed by atoms with Crippen LogP contribution in [0.5, 0.6) is 0 Å². The summed E-state index contributed by atoms with van der Waals surface area (Å²) in [5.74, 6) is 0.106. The first kappa shape index (κ1) is 17.0. The number of rotatable bonds is 5. The van der Waals surface area contributed by atoms with E-state index >= 15 is 0 Å². The Kier molecular flexibility index (Phi) is 7.67. The summed E-state index contributed by atoms with van der Waals surface area (Å²) in [6, 6.07) is 7.64. The lowest BCUT2D eigenvalue weighted by Gasteiger charge is -2.14. The van der Waals surface area contributed by atoms with E-state index in [0.29, 0.717) is 13.0 Å². The molecule has 1 aliphatic rings. The molecule has 3 nitrogen and oxygen atoms in total. The number of benzene rings is 1. The Hall–Kier alpha value is -1.03. The molecule has 1 aromatic carbocycles. The van der Waals surface area contributed by atoms with Crippen LogP contribution in [0.1, 0.15) is 18.4 Å². The first-order valence-corrected chi connectivity index (χ1v) is 7.01. The van der Waals surface area contributed by atoms with Crippen LogP contribution in [-0.2, 0) is 11.2 Å². The van der Waals surface area contributed by atoms with E-state index in [-0.39, 0.29) is 18.3 Å². The van der Waals surface area contributed by atoms with E-state index in [2.05, 4.69) is 16.7 Å². The number of amides is 1. The van der Waals surface area contributed by atoms with Crippen LogP contribution in [0.15, 0.2) is 35.9 Å².